The number of hydrogen-bond donors (Lipinski definition) is 0. The highest BCUT2D eigenvalue weighted by molar-refractivity contribution is 9.12. The summed E-state index contributed by atoms with van der Waals surface area (Å²) in [5, 5.41) is 0. The van der Waals surface area contributed by atoms with Crippen LogP contribution in [-0.2, 0) is 25.4 Å². The summed E-state index contributed by atoms with van der Waals surface area (Å²) in [6.45, 7) is 3.76. The van der Waals surface area contributed by atoms with E-state index in [1.54, 1.807) is 24.3 Å². The van der Waals surface area contributed by atoms with Crippen LogP contribution in [0.4, 0.5) is 0 Å². The lowest BCUT2D eigenvalue weighted by atomic mass is 9.86. The molecular weight excluding hydrogens is 496 g/mol. The summed E-state index contributed by atoms with van der Waals surface area (Å²) in [5.41, 5.74) is 2.13. The number of halogens is 1. The molecule has 1 saturated heterocycles. The number of ketones is 1. The molecular formula is C28H29BrO5. The second-order valence-corrected chi connectivity index (χ2v) is 9.98. The number of carbonyl (C=O) groups excluding carboxylic acids is 2. The van der Waals surface area contributed by atoms with Crippen molar-refractivity contribution in [1.82, 2.24) is 0 Å². The van der Waals surface area contributed by atoms with Gasteiger partial charge in [0.15, 0.2) is 11.6 Å². The largest absolute Gasteiger partial charge is 0.465 e. The van der Waals surface area contributed by atoms with Gasteiger partial charge in [-0.25, -0.2) is 4.79 Å². The standard InChI is InChI=1S/C28H29BrO5/c1-27(2)33-24(12-8-7-11-19-9-5-4-6-10-19)28(34-27)18-23(29)25(30)22(28)17-20-13-15-21(16-14-20)26(31)32-3/h4-6,9-10,13-18,24H,7-8,11-12H2,1-3H3/b22-17-/t24-,28-/m1/s1. The van der Waals surface area contributed by atoms with Gasteiger partial charge in [-0.2, -0.15) is 0 Å². The quantitative estimate of drug-likeness (QED) is 0.251. The minimum Gasteiger partial charge on any atom is -0.465 e. The molecule has 0 amide bonds. The van der Waals surface area contributed by atoms with Crippen LogP contribution in [0.2, 0.25) is 0 Å². The topological polar surface area (TPSA) is 61.8 Å². The molecule has 0 radical (unpaired) electrons. The number of allylic oxidation sites excluding steroid dienone is 1. The molecule has 2 aromatic rings. The smallest absolute Gasteiger partial charge is 0.337 e. The predicted molar refractivity (Wildman–Crippen MR) is 135 cm³/mol. The van der Waals surface area contributed by atoms with E-state index >= 15 is 0 Å². The Kier molecular flexibility index (Phi) is 7.22. The number of unbranched alkanes of at least 4 members (excludes halogenated alkanes) is 1. The molecule has 2 aliphatic rings. The number of rotatable bonds is 7. The van der Waals surface area contributed by atoms with Gasteiger partial charge in [-0.1, -0.05) is 48.9 Å². The first-order valence-corrected chi connectivity index (χ1v) is 12.3. The van der Waals surface area contributed by atoms with Gasteiger partial charge in [0, 0.05) is 5.57 Å². The van der Waals surface area contributed by atoms with Gasteiger partial charge in [0.2, 0.25) is 0 Å². The Labute approximate surface area is 208 Å². The molecule has 0 unspecified atom stereocenters. The molecule has 2 atom stereocenters. The number of methoxy groups -OCH3 is 1. The first kappa shape index (κ1) is 24.6. The molecule has 0 bridgehead atoms. The Morgan fingerprint density at radius 1 is 1.09 bits per heavy atom. The summed E-state index contributed by atoms with van der Waals surface area (Å²) in [4.78, 5) is 24.9. The Bertz CT molecular complexity index is 1120. The Hall–Kier alpha value is -2.54. The van der Waals surface area contributed by atoms with Gasteiger partial charge in [-0.15, -0.1) is 0 Å². The third-order valence-electron chi connectivity index (χ3n) is 6.21. The van der Waals surface area contributed by atoms with Crippen LogP contribution in [0.5, 0.6) is 0 Å². The number of benzene rings is 2. The number of ether oxygens (including phenoxy) is 3. The van der Waals surface area contributed by atoms with Crippen molar-refractivity contribution in [3.63, 3.8) is 0 Å². The monoisotopic (exact) mass is 524 g/mol. The minimum atomic E-state index is -0.965. The summed E-state index contributed by atoms with van der Waals surface area (Å²) in [6.07, 6.45) is 7.11. The van der Waals surface area contributed by atoms with Crippen molar-refractivity contribution in [2.45, 2.75) is 57.0 Å². The van der Waals surface area contributed by atoms with Gasteiger partial charge in [0.25, 0.3) is 0 Å². The van der Waals surface area contributed by atoms with Gasteiger partial charge in [-0.3, -0.25) is 4.79 Å². The second kappa shape index (κ2) is 9.98. The number of Topliss-reactive ketones (excluding diaryl/α,β-unsaturated/α-hetero) is 1. The van der Waals surface area contributed by atoms with Crippen molar-refractivity contribution < 1.29 is 23.8 Å². The fourth-order valence-corrected chi connectivity index (χ4v) is 5.22. The molecule has 6 heteroatoms. The maximum atomic E-state index is 13.2. The van der Waals surface area contributed by atoms with Crippen LogP contribution in [0.15, 0.2) is 70.7 Å². The zero-order chi connectivity index (χ0) is 24.3. The third kappa shape index (κ3) is 5.09. The van der Waals surface area contributed by atoms with E-state index in [2.05, 4.69) is 40.2 Å². The van der Waals surface area contributed by atoms with Crippen LogP contribution in [0.3, 0.4) is 0 Å². The Morgan fingerprint density at radius 3 is 2.47 bits per heavy atom. The molecule has 34 heavy (non-hydrogen) atoms. The van der Waals surface area contributed by atoms with Crippen LogP contribution in [0.25, 0.3) is 6.08 Å². The lowest BCUT2D eigenvalue weighted by molar-refractivity contribution is -0.151. The average molecular weight is 525 g/mol. The van der Waals surface area contributed by atoms with Crippen molar-refractivity contribution in [2.75, 3.05) is 7.11 Å². The average Bonchev–Trinajstić information content (AvgIpc) is 3.22. The number of aryl methyl sites for hydroxylation is 1. The molecule has 4 rings (SSSR count). The molecule has 0 saturated carbocycles. The fraction of sp³-hybridized carbons (Fsp3) is 0.357. The number of carbonyl (C=O) groups is 2. The van der Waals surface area contributed by atoms with Crippen molar-refractivity contribution >= 4 is 33.8 Å². The van der Waals surface area contributed by atoms with Gasteiger partial charge in [0.05, 0.1) is 23.3 Å². The Balaban J connectivity index is 1.57. The van der Waals surface area contributed by atoms with Gasteiger partial charge in [-0.05, 0) is 84.5 Å². The summed E-state index contributed by atoms with van der Waals surface area (Å²) < 4.78 is 18.0. The molecule has 2 aromatic carbocycles. The molecule has 1 aliphatic heterocycles. The van der Waals surface area contributed by atoms with E-state index in [9.17, 15) is 9.59 Å². The highest BCUT2D eigenvalue weighted by atomic mass is 79.9. The number of hydrogen-bond acceptors (Lipinski definition) is 5. The summed E-state index contributed by atoms with van der Waals surface area (Å²) in [7, 11) is 1.35. The predicted octanol–water partition coefficient (Wildman–Crippen LogP) is 6.02. The molecule has 1 heterocycles. The summed E-state index contributed by atoms with van der Waals surface area (Å²) in [5.74, 6) is -1.35. The van der Waals surface area contributed by atoms with E-state index in [0.717, 1.165) is 31.2 Å². The number of esters is 1. The maximum absolute atomic E-state index is 13.2. The SMILES string of the molecule is COC(=O)c1ccc(/C=C2/C(=O)C(Br)=C[C@@]23OC(C)(C)O[C@@H]3CCCCc2ccccc2)cc1. The van der Waals surface area contributed by atoms with E-state index < -0.39 is 17.4 Å². The maximum Gasteiger partial charge on any atom is 0.337 e. The molecule has 178 valence electrons. The highest BCUT2D eigenvalue weighted by Crippen LogP contribution is 2.50. The van der Waals surface area contributed by atoms with Crippen LogP contribution >= 0.6 is 15.9 Å². The molecule has 1 aliphatic carbocycles. The lowest BCUT2D eigenvalue weighted by Gasteiger charge is -2.28. The third-order valence-corrected chi connectivity index (χ3v) is 6.80. The van der Waals surface area contributed by atoms with Crippen LogP contribution in [0, 0.1) is 0 Å². The summed E-state index contributed by atoms with van der Waals surface area (Å²) >= 11 is 3.43. The highest BCUT2D eigenvalue weighted by Gasteiger charge is 2.58. The second-order valence-electron chi connectivity index (χ2n) is 9.13. The first-order chi connectivity index (χ1) is 16.2. The normalized spacial score (nSPS) is 24.6. The minimum absolute atomic E-state index is 0.118. The molecule has 5 nitrogen and oxygen atoms in total. The van der Waals surface area contributed by atoms with E-state index in [4.69, 9.17) is 14.2 Å². The lowest BCUT2D eigenvalue weighted by Crippen LogP contribution is -2.39. The van der Waals surface area contributed by atoms with Gasteiger partial charge >= 0.3 is 5.97 Å². The van der Waals surface area contributed by atoms with Crippen LogP contribution in [0.1, 0.15) is 54.6 Å². The van der Waals surface area contributed by atoms with E-state index in [1.165, 1.54) is 12.7 Å². The molecule has 1 fully saturated rings. The first-order valence-electron chi connectivity index (χ1n) is 11.5. The fourth-order valence-electron chi connectivity index (χ4n) is 4.67. The molecule has 1 spiro atoms. The van der Waals surface area contributed by atoms with Crippen molar-refractivity contribution in [1.29, 1.82) is 0 Å². The van der Waals surface area contributed by atoms with Crippen molar-refractivity contribution in [2.24, 2.45) is 0 Å². The van der Waals surface area contributed by atoms with Gasteiger partial charge < -0.3 is 14.2 Å². The molecule has 0 N–H and O–H groups in total. The van der Waals surface area contributed by atoms with E-state index in [1.807, 2.05) is 32.1 Å². The van der Waals surface area contributed by atoms with Crippen LogP contribution < -0.4 is 0 Å². The zero-order valence-electron chi connectivity index (χ0n) is 19.7. The van der Waals surface area contributed by atoms with Crippen molar-refractivity contribution in [3.8, 4) is 0 Å². The molecule has 0 aromatic heterocycles. The zero-order valence-corrected chi connectivity index (χ0v) is 21.3. The summed E-state index contributed by atoms with van der Waals surface area (Å²) in [6, 6.07) is 17.4. The van der Waals surface area contributed by atoms with Gasteiger partial charge in [0.1, 0.15) is 5.60 Å². The Morgan fingerprint density at radius 2 is 1.79 bits per heavy atom. The van der Waals surface area contributed by atoms with E-state index in [0.29, 0.717) is 15.6 Å². The van der Waals surface area contributed by atoms with Crippen LogP contribution in [-0.4, -0.2) is 36.4 Å². The van der Waals surface area contributed by atoms with Crippen molar-refractivity contribution in [3.05, 3.63) is 87.4 Å². The van der Waals surface area contributed by atoms with E-state index in [-0.39, 0.29) is 11.9 Å².